The molecule has 2 aromatic rings. The standard InChI is InChI=1S/C21H31N5O/c1-24-6-8-26(9-7-24)20-10-15-12-25(13-16(15)11-21(20)27)14-19-17-4-2-3-5-18(17)22-23-19/h2-5,15-16,20-21,27H,6-14H2,1H3,(H,22,23)/t15-,16+,20-,21-/m1/s1. The summed E-state index contributed by atoms with van der Waals surface area (Å²) in [6.45, 7) is 7.62. The lowest BCUT2D eigenvalue weighted by Gasteiger charge is -2.44. The highest BCUT2D eigenvalue weighted by molar-refractivity contribution is 5.81. The summed E-state index contributed by atoms with van der Waals surface area (Å²) in [6, 6.07) is 8.70. The minimum atomic E-state index is -0.164. The first-order chi connectivity index (χ1) is 13.2. The molecule has 0 radical (unpaired) electrons. The fraction of sp³-hybridized carbons (Fsp3) is 0.667. The van der Waals surface area contributed by atoms with Gasteiger partial charge in [-0.05, 0) is 37.8 Å². The predicted octanol–water partition coefficient (Wildman–Crippen LogP) is 1.38. The van der Waals surface area contributed by atoms with Gasteiger partial charge in [-0.15, -0.1) is 0 Å². The van der Waals surface area contributed by atoms with Crippen LogP contribution in [-0.2, 0) is 6.54 Å². The molecule has 0 amide bonds. The summed E-state index contributed by atoms with van der Waals surface area (Å²) in [5.41, 5.74) is 2.27. The van der Waals surface area contributed by atoms with Gasteiger partial charge in [-0.25, -0.2) is 0 Å². The van der Waals surface area contributed by atoms with Crippen molar-refractivity contribution in [1.29, 1.82) is 0 Å². The number of piperazine rings is 1. The number of para-hydroxylation sites is 1. The van der Waals surface area contributed by atoms with Crippen molar-refractivity contribution in [3.8, 4) is 0 Å². The zero-order valence-electron chi connectivity index (χ0n) is 16.2. The summed E-state index contributed by atoms with van der Waals surface area (Å²) >= 11 is 0. The Bertz CT molecular complexity index is 784. The Morgan fingerprint density at radius 3 is 2.63 bits per heavy atom. The van der Waals surface area contributed by atoms with E-state index in [1.807, 2.05) is 6.07 Å². The molecule has 2 saturated heterocycles. The van der Waals surface area contributed by atoms with Crippen LogP contribution in [0.1, 0.15) is 18.5 Å². The van der Waals surface area contributed by atoms with Crippen molar-refractivity contribution >= 4 is 10.9 Å². The minimum Gasteiger partial charge on any atom is -0.391 e. The van der Waals surface area contributed by atoms with Crippen LogP contribution in [0.5, 0.6) is 0 Å². The number of benzene rings is 1. The van der Waals surface area contributed by atoms with Crippen molar-refractivity contribution in [2.24, 2.45) is 11.8 Å². The lowest BCUT2D eigenvalue weighted by atomic mass is 9.77. The van der Waals surface area contributed by atoms with Crippen molar-refractivity contribution in [2.75, 3.05) is 46.3 Å². The SMILES string of the molecule is CN1CCN([C@@H]2C[C@@H]3CN(Cc4[nH]nc5ccccc45)C[C@@H]3C[C@H]2O)CC1. The van der Waals surface area contributed by atoms with Crippen molar-refractivity contribution in [3.05, 3.63) is 30.0 Å². The molecule has 5 rings (SSSR count). The van der Waals surface area contributed by atoms with E-state index in [0.717, 1.165) is 64.2 Å². The van der Waals surface area contributed by atoms with Gasteiger partial charge in [-0.2, -0.15) is 5.10 Å². The Morgan fingerprint density at radius 2 is 1.81 bits per heavy atom. The van der Waals surface area contributed by atoms with Gasteiger partial charge in [0.1, 0.15) is 0 Å². The van der Waals surface area contributed by atoms with E-state index in [1.165, 1.54) is 11.1 Å². The first-order valence-electron chi connectivity index (χ1n) is 10.4. The van der Waals surface area contributed by atoms with Gasteiger partial charge < -0.3 is 10.0 Å². The fourth-order valence-electron chi connectivity index (χ4n) is 5.54. The van der Waals surface area contributed by atoms with Crippen LogP contribution in [0.3, 0.4) is 0 Å². The number of likely N-dealkylation sites (N-methyl/N-ethyl adjacent to an activating group) is 1. The molecule has 1 aromatic carbocycles. The quantitative estimate of drug-likeness (QED) is 0.856. The lowest BCUT2D eigenvalue weighted by Crippen LogP contribution is -2.55. The maximum Gasteiger partial charge on any atom is 0.0924 e. The zero-order valence-corrected chi connectivity index (χ0v) is 16.2. The number of fused-ring (bicyclic) bond motifs is 2. The number of hydrogen-bond acceptors (Lipinski definition) is 5. The molecular weight excluding hydrogens is 338 g/mol. The van der Waals surface area contributed by atoms with Gasteiger partial charge in [0.15, 0.2) is 0 Å². The summed E-state index contributed by atoms with van der Waals surface area (Å²) in [4.78, 5) is 7.50. The van der Waals surface area contributed by atoms with Gasteiger partial charge in [0.2, 0.25) is 0 Å². The van der Waals surface area contributed by atoms with Crippen LogP contribution in [0.4, 0.5) is 0 Å². The van der Waals surface area contributed by atoms with E-state index >= 15 is 0 Å². The zero-order chi connectivity index (χ0) is 18.4. The molecule has 0 bridgehead atoms. The molecule has 3 fully saturated rings. The van der Waals surface area contributed by atoms with Gasteiger partial charge in [-0.1, -0.05) is 18.2 Å². The lowest BCUT2D eigenvalue weighted by molar-refractivity contribution is -0.0249. The minimum absolute atomic E-state index is 0.164. The molecule has 6 nitrogen and oxygen atoms in total. The summed E-state index contributed by atoms with van der Waals surface area (Å²) in [5.74, 6) is 1.35. The second-order valence-electron chi connectivity index (χ2n) is 8.88. The first kappa shape index (κ1) is 17.6. The fourth-order valence-corrected chi connectivity index (χ4v) is 5.54. The third kappa shape index (κ3) is 3.40. The maximum absolute atomic E-state index is 10.8. The Kier molecular flexibility index (Phi) is 4.68. The average molecular weight is 370 g/mol. The van der Waals surface area contributed by atoms with Crippen LogP contribution in [0.2, 0.25) is 0 Å². The molecule has 1 saturated carbocycles. The summed E-state index contributed by atoms with van der Waals surface area (Å²) in [5, 5.41) is 19.7. The third-order valence-corrected chi connectivity index (χ3v) is 7.11. The van der Waals surface area contributed by atoms with Crippen LogP contribution in [-0.4, -0.2) is 88.5 Å². The van der Waals surface area contributed by atoms with Crippen LogP contribution >= 0.6 is 0 Å². The first-order valence-corrected chi connectivity index (χ1v) is 10.4. The van der Waals surface area contributed by atoms with E-state index in [2.05, 4.69) is 50.1 Å². The second-order valence-corrected chi connectivity index (χ2v) is 8.88. The normalized spacial score (nSPS) is 33.6. The Labute approximate surface area is 161 Å². The van der Waals surface area contributed by atoms with E-state index in [4.69, 9.17) is 0 Å². The van der Waals surface area contributed by atoms with E-state index in [1.54, 1.807) is 0 Å². The number of rotatable bonds is 3. The average Bonchev–Trinajstić information content (AvgIpc) is 3.26. The number of aliphatic hydroxyl groups is 1. The number of aromatic nitrogens is 2. The molecular formula is C21H31N5O. The largest absolute Gasteiger partial charge is 0.391 e. The van der Waals surface area contributed by atoms with Crippen LogP contribution in [0, 0.1) is 11.8 Å². The van der Waals surface area contributed by atoms with E-state index in [0.29, 0.717) is 17.9 Å². The number of aromatic amines is 1. The Hall–Kier alpha value is -1.47. The molecule has 27 heavy (non-hydrogen) atoms. The molecule has 2 N–H and O–H groups in total. The highest BCUT2D eigenvalue weighted by atomic mass is 16.3. The predicted molar refractivity (Wildman–Crippen MR) is 106 cm³/mol. The van der Waals surface area contributed by atoms with Crippen molar-refractivity contribution in [1.82, 2.24) is 24.9 Å². The molecule has 2 aliphatic heterocycles. The van der Waals surface area contributed by atoms with Crippen LogP contribution in [0.15, 0.2) is 24.3 Å². The maximum atomic E-state index is 10.8. The van der Waals surface area contributed by atoms with Crippen LogP contribution < -0.4 is 0 Å². The summed E-state index contributed by atoms with van der Waals surface area (Å²) in [7, 11) is 2.19. The van der Waals surface area contributed by atoms with Gasteiger partial charge in [0.05, 0.1) is 17.3 Å². The van der Waals surface area contributed by atoms with Gasteiger partial charge in [-0.3, -0.25) is 14.9 Å². The van der Waals surface area contributed by atoms with Gasteiger partial charge >= 0.3 is 0 Å². The number of nitrogens with zero attached hydrogens (tertiary/aromatic N) is 4. The number of likely N-dealkylation sites (tertiary alicyclic amines) is 1. The third-order valence-electron chi connectivity index (χ3n) is 7.11. The van der Waals surface area contributed by atoms with Crippen LogP contribution in [0.25, 0.3) is 10.9 Å². The topological polar surface area (TPSA) is 58.6 Å². The molecule has 0 spiro atoms. The van der Waals surface area contributed by atoms with Gasteiger partial charge in [0.25, 0.3) is 0 Å². The number of aliphatic hydroxyl groups excluding tert-OH is 1. The molecule has 3 aliphatic rings. The molecule has 0 unspecified atom stereocenters. The smallest absolute Gasteiger partial charge is 0.0924 e. The Morgan fingerprint density at radius 1 is 1.07 bits per heavy atom. The second kappa shape index (κ2) is 7.17. The van der Waals surface area contributed by atoms with Crippen molar-refractivity contribution < 1.29 is 5.11 Å². The number of H-pyrrole nitrogens is 1. The Balaban J connectivity index is 1.24. The van der Waals surface area contributed by atoms with Gasteiger partial charge in [0, 0.05) is 57.2 Å². The van der Waals surface area contributed by atoms with Crippen molar-refractivity contribution in [3.63, 3.8) is 0 Å². The molecule has 1 aliphatic carbocycles. The van der Waals surface area contributed by atoms with E-state index < -0.39 is 0 Å². The highest BCUT2D eigenvalue weighted by Gasteiger charge is 2.43. The molecule has 6 heteroatoms. The molecule has 4 atom stereocenters. The monoisotopic (exact) mass is 369 g/mol. The van der Waals surface area contributed by atoms with E-state index in [9.17, 15) is 5.11 Å². The summed E-state index contributed by atoms with van der Waals surface area (Å²) < 4.78 is 0. The summed E-state index contributed by atoms with van der Waals surface area (Å²) in [6.07, 6.45) is 1.94. The number of nitrogens with one attached hydrogen (secondary N) is 1. The highest BCUT2D eigenvalue weighted by Crippen LogP contribution is 2.39. The van der Waals surface area contributed by atoms with Crippen molar-refractivity contribution in [2.45, 2.75) is 31.5 Å². The van der Waals surface area contributed by atoms with E-state index in [-0.39, 0.29) is 6.10 Å². The molecule has 146 valence electrons. The number of hydrogen-bond donors (Lipinski definition) is 2. The molecule has 3 heterocycles. The molecule has 1 aromatic heterocycles.